The van der Waals surface area contributed by atoms with Crippen molar-refractivity contribution >= 4 is 30.4 Å². The van der Waals surface area contributed by atoms with Gasteiger partial charge in [-0.25, -0.2) is 29.5 Å². The number of rotatable bonds is 13. The topological polar surface area (TPSA) is 146 Å². The number of imidazole rings is 1. The number of carbonyl (C=O) groups is 1. The van der Waals surface area contributed by atoms with Gasteiger partial charge in [-0.05, 0) is 44.9 Å². The van der Waals surface area contributed by atoms with Crippen LogP contribution in [0, 0.1) is 5.82 Å². The Balaban J connectivity index is 1.72. The molecule has 36 heavy (non-hydrogen) atoms. The van der Waals surface area contributed by atoms with Crippen LogP contribution < -0.4 is 15.9 Å². The molecule has 0 fully saturated rings. The number of anilines is 1. The van der Waals surface area contributed by atoms with Gasteiger partial charge < -0.3 is 19.8 Å². The maximum atomic E-state index is 13.9. The van der Waals surface area contributed by atoms with Gasteiger partial charge in [0.05, 0.1) is 25.6 Å². The first-order chi connectivity index (χ1) is 17.0. The van der Waals surface area contributed by atoms with Crippen molar-refractivity contribution in [1.82, 2.24) is 29.7 Å². The van der Waals surface area contributed by atoms with E-state index < -0.39 is 30.9 Å². The van der Waals surface area contributed by atoms with E-state index in [0.717, 1.165) is 0 Å². The number of hydrogen-bond donors (Lipinski definition) is 3. The lowest BCUT2D eigenvalue weighted by Gasteiger charge is -2.31. The molecule has 2 atom stereocenters. The smallest absolute Gasteiger partial charge is 0.326 e. The van der Waals surface area contributed by atoms with E-state index >= 15 is 0 Å². The van der Waals surface area contributed by atoms with Crippen molar-refractivity contribution in [3.8, 4) is 0 Å². The summed E-state index contributed by atoms with van der Waals surface area (Å²) >= 11 is 0. The zero-order valence-electron chi connectivity index (χ0n) is 20.9. The summed E-state index contributed by atoms with van der Waals surface area (Å²) in [7, 11) is -3.52. The molecule has 2 aromatic heterocycles. The Morgan fingerprint density at radius 2 is 2.08 bits per heavy atom. The maximum Gasteiger partial charge on any atom is 0.326 e. The third-order valence-corrected chi connectivity index (χ3v) is 7.36. The number of ether oxygens (including phenoxy) is 2. The van der Waals surface area contributed by atoms with Crippen molar-refractivity contribution in [1.29, 1.82) is 0 Å². The molecule has 0 saturated carbocycles. The minimum atomic E-state index is -3.52. The molecule has 0 saturated heterocycles. The van der Waals surface area contributed by atoms with Crippen molar-refractivity contribution in [2.45, 2.75) is 58.8 Å². The van der Waals surface area contributed by atoms with E-state index in [4.69, 9.17) is 15.2 Å². The molecule has 4 N–H and O–H groups in total. The second-order valence-electron chi connectivity index (χ2n) is 9.01. The fourth-order valence-electron chi connectivity index (χ4n) is 3.45. The maximum absolute atomic E-state index is 13.9. The first-order valence-electron chi connectivity index (χ1n) is 11.6. The third-order valence-electron chi connectivity index (χ3n) is 5.26. The molecular weight excluding hydrogens is 488 g/mol. The second kappa shape index (κ2) is 11.9. The Morgan fingerprint density at radius 1 is 1.31 bits per heavy atom. The SMILES string of the molecule is CCCOC(=O)C(C)(C)NP(=O)(COC(C)Cn1cnc2c(N)ncnc21)NCc1cccc(F)c1. The molecule has 1 aromatic carbocycles. The summed E-state index contributed by atoms with van der Waals surface area (Å²) in [6, 6.07) is 5.96. The normalized spacial score (nSPS) is 14.5. The first-order valence-corrected chi connectivity index (χ1v) is 13.5. The quantitative estimate of drug-likeness (QED) is 0.226. The van der Waals surface area contributed by atoms with E-state index in [2.05, 4.69) is 25.1 Å². The summed E-state index contributed by atoms with van der Waals surface area (Å²) in [6.07, 6.45) is 2.97. The molecule has 0 radical (unpaired) electrons. The van der Waals surface area contributed by atoms with Crippen LogP contribution in [-0.4, -0.2) is 50.1 Å². The van der Waals surface area contributed by atoms with Gasteiger partial charge in [-0.15, -0.1) is 0 Å². The molecule has 0 amide bonds. The zero-order chi connectivity index (χ0) is 26.3. The number of nitrogen functional groups attached to an aromatic ring is 1. The molecule has 0 aliphatic heterocycles. The van der Waals surface area contributed by atoms with Gasteiger partial charge >= 0.3 is 5.97 Å². The van der Waals surface area contributed by atoms with E-state index in [0.29, 0.717) is 29.7 Å². The molecule has 0 spiro atoms. The van der Waals surface area contributed by atoms with Crippen molar-refractivity contribution in [2.24, 2.45) is 0 Å². The lowest BCUT2D eigenvalue weighted by molar-refractivity contribution is -0.149. The fraction of sp³-hybridized carbons (Fsp3) is 0.478. The molecule has 2 unspecified atom stereocenters. The molecule has 3 rings (SSSR count). The average molecular weight is 522 g/mol. The number of nitrogens with zero attached hydrogens (tertiary/aromatic N) is 4. The number of esters is 1. The number of aromatic nitrogens is 4. The summed E-state index contributed by atoms with van der Waals surface area (Å²) in [4.78, 5) is 25.0. The molecule has 3 aromatic rings. The van der Waals surface area contributed by atoms with Crippen molar-refractivity contribution in [2.75, 3.05) is 18.7 Å². The van der Waals surface area contributed by atoms with Gasteiger partial charge in [0.1, 0.15) is 29.5 Å². The highest BCUT2D eigenvalue weighted by molar-refractivity contribution is 7.59. The van der Waals surface area contributed by atoms with E-state index in [-0.39, 0.29) is 25.3 Å². The number of hydrogen-bond acceptors (Lipinski definition) is 8. The van der Waals surface area contributed by atoms with Gasteiger partial charge in [-0.1, -0.05) is 19.1 Å². The minimum absolute atomic E-state index is 0.0994. The highest BCUT2D eigenvalue weighted by Gasteiger charge is 2.37. The van der Waals surface area contributed by atoms with Gasteiger partial charge in [0.25, 0.3) is 0 Å². The average Bonchev–Trinajstić information content (AvgIpc) is 3.24. The van der Waals surface area contributed by atoms with Crippen LogP contribution in [0.15, 0.2) is 36.9 Å². The number of halogens is 1. The Kier molecular flexibility index (Phi) is 9.13. The number of carbonyl (C=O) groups excluding carboxylic acids is 1. The molecule has 196 valence electrons. The number of nitrogens with one attached hydrogen (secondary N) is 2. The molecule has 2 heterocycles. The zero-order valence-corrected chi connectivity index (χ0v) is 21.8. The Bertz CT molecular complexity index is 1240. The van der Waals surface area contributed by atoms with Crippen molar-refractivity contribution in [3.63, 3.8) is 0 Å². The third kappa shape index (κ3) is 7.30. The van der Waals surface area contributed by atoms with Crippen LogP contribution in [0.3, 0.4) is 0 Å². The highest BCUT2D eigenvalue weighted by Crippen LogP contribution is 2.40. The Labute approximate surface area is 209 Å². The molecule has 0 aliphatic rings. The number of benzene rings is 1. The number of nitrogens with two attached hydrogens (primary N) is 1. The Morgan fingerprint density at radius 3 is 2.81 bits per heavy atom. The van der Waals surface area contributed by atoms with Crippen LogP contribution in [0.25, 0.3) is 11.2 Å². The molecule has 0 bridgehead atoms. The molecule has 11 nitrogen and oxygen atoms in total. The van der Waals surface area contributed by atoms with E-state index in [1.54, 1.807) is 36.9 Å². The van der Waals surface area contributed by atoms with Crippen LogP contribution in [-0.2, 0) is 31.9 Å². The Hall–Kier alpha value is -2.92. The van der Waals surface area contributed by atoms with Crippen LogP contribution in [0.2, 0.25) is 0 Å². The van der Waals surface area contributed by atoms with Crippen LogP contribution in [0.4, 0.5) is 10.2 Å². The van der Waals surface area contributed by atoms with Crippen LogP contribution in [0.1, 0.15) is 39.7 Å². The lowest BCUT2D eigenvalue weighted by atomic mass is 10.1. The standard InChI is InChI=1S/C23H33FN7O4P/c1-5-9-34-22(32)23(3,4)30-36(33,29-11-17-7-6-8-18(24)10-17)15-35-16(2)12-31-14-28-19-20(25)26-13-27-21(19)31/h6-8,10,13-14,16H,5,9,11-12,15H2,1-4H3,(H2,25,26,27)(H2,29,30,33). The molecule has 0 aliphatic carbocycles. The van der Waals surface area contributed by atoms with Gasteiger partial charge in [0.15, 0.2) is 11.5 Å². The van der Waals surface area contributed by atoms with Gasteiger partial charge in [0, 0.05) is 6.54 Å². The minimum Gasteiger partial charge on any atom is -0.464 e. The predicted molar refractivity (Wildman–Crippen MR) is 134 cm³/mol. The van der Waals surface area contributed by atoms with E-state index in [9.17, 15) is 13.8 Å². The largest absolute Gasteiger partial charge is 0.464 e. The summed E-state index contributed by atoms with van der Waals surface area (Å²) in [6.45, 7) is 7.60. The van der Waals surface area contributed by atoms with E-state index in [1.165, 1.54) is 18.5 Å². The highest BCUT2D eigenvalue weighted by atomic mass is 31.2. The lowest BCUT2D eigenvalue weighted by Crippen LogP contribution is -2.48. The number of fused-ring (bicyclic) bond motifs is 1. The molecular formula is C23H33FN7O4P. The fourth-order valence-corrected chi connectivity index (χ4v) is 5.58. The predicted octanol–water partition coefficient (Wildman–Crippen LogP) is 3.21. The van der Waals surface area contributed by atoms with Gasteiger partial charge in [0.2, 0.25) is 7.44 Å². The first kappa shape index (κ1) is 27.7. The monoisotopic (exact) mass is 521 g/mol. The summed E-state index contributed by atoms with van der Waals surface area (Å²) in [5.74, 6) is -0.658. The van der Waals surface area contributed by atoms with Crippen LogP contribution in [0.5, 0.6) is 0 Å². The van der Waals surface area contributed by atoms with Gasteiger partial charge in [-0.3, -0.25) is 9.36 Å². The van der Waals surface area contributed by atoms with Gasteiger partial charge in [-0.2, -0.15) is 0 Å². The summed E-state index contributed by atoms with van der Waals surface area (Å²) < 4.78 is 40.5. The van der Waals surface area contributed by atoms with Crippen molar-refractivity contribution < 1.29 is 23.2 Å². The van der Waals surface area contributed by atoms with Crippen LogP contribution >= 0.6 is 7.44 Å². The second-order valence-corrected chi connectivity index (χ2v) is 11.3. The van der Waals surface area contributed by atoms with Crippen molar-refractivity contribution in [3.05, 3.63) is 48.3 Å². The summed E-state index contributed by atoms with van der Waals surface area (Å²) in [5.41, 5.74) is 6.23. The van der Waals surface area contributed by atoms with E-state index in [1.807, 2.05) is 13.8 Å². The summed E-state index contributed by atoms with van der Waals surface area (Å²) in [5, 5.41) is 5.86. The molecule has 13 heteroatoms.